The number of pyridine rings is 1. The quantitative estimate of drug-likeness (QED) is 0.490. The van der Waals surface area contributed by atoms with E-state index >= 15 is 0 Å². The van der Waals surface area contributed by atoms with Crippen LogP contribution in [0.5, 0.6) is 0 Å². The molecule has 4 nitrogen and oxygen atoms in total. The molecule has 2 heterocycles. The monoisotopic (exact) mass is 371 g/mol. The summed E-state index contributed by atoms with van der Waals surface area (Å²) in [6.45, 7) is 0. The molecule has 10 heteroatoms. The lowest BCUT2D eigenvalue weighted by atomic mass is 9.98. The average Bonchev–Trinajstić information content (AvgIpc) is 2.58. The van der Waals surface area contributed by atoms with E-state index in [0.717, 1.165) is 36.8 Å². The van der Waals surface area contributed by atoms with Crippen molar-refractivity contribution in [2.75, 3.05) is 0 Å². The van der Waals surface area contributed by atoms with Gasteiger partial charge >= 0.3 is 12.4 Å². The van der Waals surface area contributed by atoms with Crippen molar-refractivity contribution in [2.24, 2.45) is 0 Å². The number of alkyl halides is 6. The van der Waals surface area contributed by atoms with Gasteiger partial charge in [0.1, 0.15) is 0 Å². The molecule has 0 aliphatic heterocycles. The van der Waals surface area contributed by atoms with Crippen molar-refractivity contribution in [1.82, 2.24) is 15.0 Å². The Hall–Kier alpha value is -3.04. The van der Waals surface area contributed by atoms with Gasteiger partial charge in [-0.1, -0.05) is 6.07 Å². The van der Waals surface area contributed by atoms with Gasteiger partial charge in [-0.05, 0) is 12.1 Å². The molecule has 0 saturated carbocycles. The molecule has 0 bridgehead atoms. The highest BCUT2D eigenvalue weighted by Gasteiger charge is 2.34. The lowest BCUT2D eigenvalue weighted by Crippen LogP contribution is -2.10. The fourth-order valence-corrected chi connectivity index (χ4v) is 2.40. The van der Waals surface area contributed by atoms with Gasteiger partial charge in [-0.3, -0.25) is 9.78 Å². The highest BCUT2D eigenvalue weighted by molar-refractivity contribution is 6.02. The Morgan fingerprint density at radius 2 is 1.50 bits per heavy atom. The third kappa shape index (κ3) is 3.22. The number of nitrogens with zero attached hydrogens (tertiary/aromatic N) is 3. The number of hydrogen-bond donors (Lipinski definition) is 0. The Bertz CT molecular complexity index is 980. The summed E-state index contributed by atoms with van der Waals surface area (Å²) >= 11 is 0. The first kappa shape index (κ1) is 17.8. The Morgan fingerprint density at radius 1 is 0.846 bits per heavy atom. The molecule has 0 saturated heterocycles. The molecule has 0 unspecified atom stereocenters. The van der Waals surface area contributed by atoms with Crippen molar-refractivity contribution in [3.8, 4) is 11.1 Å². The molecule has 3 aromatic rings. The van der Waals surface area contributed by atoms with Crippen LogP contribution in [0.3, 0.4) is 0 Å². The summed E-state index contributed by atoms with van der Waals surface area (Å²) in [5.74, 6) is -1.37. The maximum Gasteiger partial charge on any atom is 0.451 e. The molecule has 0 amide bonds. The second-order valence-corrected chi connectivity index (χ2v) is 5.23. The highest BCUT2D eigenvalue weighted by atomic mass is 19.4. The first-order chi connectivity index (χ1) is 12.1. The number of benzene rings is 1. The number of aldehydes is 1. The van der Waals surface area contributed by atoms with E-state index in [2.05, 4.69) is 15.0 Å². The van der Waals surface area contributed by atoms with Crippen LogP contribution in [0.4, 0.5) is 26.3 Å². The van der Waals surface area contributed by atoms with Crippen molar-refractivity contribution >= 4 is 17.2 Å². The zero-order valence-electron chi connectivity index (χ0n) is 12.6. The molecule has 0 aliphatic rings. The summed E-state index contributed by atoms with van der Waals surface area (Å²) in [6.07, 6.45) is -6.17. The Kier molecular flexibility index (Phi) is 4.13. The fraction of sp³-hybridized carbons (Fsp3) is 0.125. The highest BCUT2D eigenvalue weighted by Crippen LogP contribution is 2.35. The zero-order chi connectivity index (χ0) is 19.1. The van der Waals surface area contributed by atoms with E-state index in [1.165, 1.54) is 0 Å². The predicted molar refractivity (Wildman–Crippen MR) is 78.2 cm³/mol. The third-order valence-electron chi connectivity index (χ3n) is 3.55. The number of hydrogen-bond acceptors (Lipinski definition) is 4. The lowest BCUT2D eigenvalue weighted by molar-refractivity contribution is -0.145. The van der Waals surface area contributed by atoms with Crippen molar-refractivity contribution in [3.63, 3.8) is 0 Å². The summed E-state index contributed by atoms with van der Waals surface area (Å²) < 4.78 is 76.2. The summed E-state index contributed by atoms with van der Waals surface area (Å²) in [4.78, 5) is 21.5. The summed E-state index contributed by atoms with van der Waals surface area (Å²) in [5.41, 5.74) is -0.869. The Balaban J connectivity index is 2.22. The zero-order valence-corrected chi connectivity index (χ0v) is 12.6. The summed E-state index contributed by atoms with van der Waals surface area (Å²) in [7, 11) is 0. The van der Waals surface area contributed by atoms with Crippen LogP contribution in [-0.4, -0.2) is 21.2 Å². The molecule has 0 spiro atoms. The number of carbonyl (C=O) groups excluding carboxylic acids is 1. The van der Waals surface area contributed by atoms with Crippen LogP contribution in [-0.2, 0) is 12.4 Å². The molecule has 1 aromatic carbocycles. The summed E-state index contributed by atoms with van der Waals surface area (Å²) in [6, 6.07) is 2.69. The standard InChI is InChI=1S/C16H7F6N3O/c17-15(18,19)10-1-2-11-12(3-10)23-6-9(7-26)13(11)8-4-24-14(25-5-8)16(20,21)22/h1-7H. The topological polar surface area (TPSA) is 55.7 Å². The van der Waals surface area contributed by atoms with Crippen molar-refractivity contribution in [2.45, 2.75) is 12.4 Å². The Labute approximate surface area is 141 Å². The molecule has 3 rings (SSSR count). The smallest absolute Gasteiger partial charge is 0.298 e. The average molecular weight is 371 g/mol. The van der Waals surface area contributed by atoms with Crippen LogP contribution in [0, 0.1) is 0 Å². The molecule has 2 aromatic heterocycles. The maximum absolute atomic E-state index is 12.8. The van der Waals surface area contributed by atoms with Crippen molar-refractivity contribution in [1.29, 1.82) is 0 Å². The van der Waals surface area contributed by atoms with Gasteiger partial charge in [0.05, 0.1) is 11.1 Å². The molecule has 0 atom stereocenters. The van der Waals surface area contributed by atoms with E-state index in [0.29, 0.717) is 6.29 Å². The van der Waals surface area contributed by atoms with E-state index in [1.54, 1.807) is 0 Å². The second kappa shape index (κ2) is 6.04. The molecular weight excluding hydrogens is 364 g/mol. The largest absolute Gasteiger partial charge is 0.451 e. The second-order valence-electron chi connectivity index (χ2n) is 5.23. The van der Waals surface area contributed by atoms with Gasteiger partial charge in [-0.25, -0.2) is 9.97 Å². The van der Waals surface area contributed by atoms with Crippen LogP contribution in [0.25, 0.3) is 22.0 Å². The van der Waals surface area contributed by atoms with Gasteiger partial charge < -0.3 is 0 Å². The molecule has 0 fully saturated rings. The third-order valence-corrected chi connectivity index (χ3v) is 3.55. The molecule has 0 radical (unpaired) electrons. The van der Waals surface area contributed by atoms with Gasteiger partial charge in [0.25, 0.3) is 0 Å². The van der Waals surface area contributed by atoms with Gasteiger partial charge in [-0.15, -0.1) is 0 Å². The molecule has 26 heavy (non-hydrogen) atoms. The number of rotatable bonds is 2. The van der Waals surface area contributed by atoms with Gasteiger partial charge in [0.15, 0.2) is 6.29 Å². The number of aromatic nitrogens is 3. The van der Waals surface area contributed by atoms with Crippen molar-refractivity contribution < 1.29 is 31.1 Å². The minimum Gasteiger partial charge on any atom is -0.298 e. The number of carbonyl (C=O) groups is 1. The van der Waals surface area contributed by atoms with Crippen LogP contribution in [0.2, 0.25) is 0 Å². The molecule has 0 aliphatic carbocycles. The normalized spacial score (nSPS) is 12.4. The lowest BCUT2D eigenvalue weighted by Gasteiger charge is -2.12. The molecule has 134 valence electrons. The van der Waals surface area contributed by atoms with Gasteiger partial charge in [-0.2, -0.15) is 26.3 Å². The van der Waals surface area contributed by atoms with Crippen LogP contribution in [0.15, 0.2) is 36.8 Å². The summed E-state index contributed by atoms with van der Waals surface area (Å²) in [5, 5.41) is 0.158. The van der Waals surface area contributed by atoms with Crippen LogP contribution >= 0.6 is 0 Å². The van der Waals surface area contributed by atoms with E-state index in [9.17, 15) is 31.1 Å². The van der Waals surface area contributed by atoms with Crippen molar-refractivity contribution in [3.05, 3.63) is 53.7 Å². The predicted octanol–water partition coefficient (Wildman–Crippen LogP) is 4.54. The SMILES string of the molecule is O=Cc1cnc2cc(C(F)(F)F)ccc2c1-c1cnc(C(F)(F)F)nc1. The van der Waals surface area contributed by atoms with E-state index in [1.807, 2.05) is 0 Å². The minimum absolute atomic E-state index is 0.0133. The Morgan fingerprint density at radius 3 is 2.04 bits per heavy atom. The minimum atomic E-state index is -4.74. The van der Waals surface area contributed by atoms with Gasteiger partial charge in [0, 0.05) is 40.7 Å². The first-order valence-corrected chi connectivity index (χ1v) is 6.96. The van der Waals surface area contributed by atoms with E-state index < -0.39 is 23.7 Å². The number of fused-ring (bicyclic) bond motifs is 1. The van der Waals surface area contributed by atoms with Crippen LogP contribution in [0.1, 0.15) is 21.7 Å². The maximum atomic E-state index is 12.8. The fourth-order valence-electron chi connectivity index (χ4n) is 2.40. The van der Waals surface area contributed by atoms with Crippen LogP contribution < -0.4 is 0 Å². The molecule has 0 N–H and O–H groups in total. The van der Waals surface area contributed by atoms with E-state index in [4.69, 9.17) is 0 Å². The molecular formula is C16H7F6N3O. The van der Waals surface area contributed by atoms with E-state index in [-0.39, 0.29) is 27.6 Å². The first-order valence-electron chi connectivity index (χ1n) is 6.96. The number of halogens is 6. The van der Waals surface area contributed by atoms with Gasteiger partial charge in [0.2, 0.25) is 5.82 Å².